The SMILES string of the molecule is CC(C)CCCNCc1ccoc1C(=O)O. The molecule has 0 aliphatic rings. The maximum Gasteiger partial charge on any atom is 0.372 e. The average molecular weight is 225 g/mol. The van der Waals surface area contributed by atoms with Crippen LogP contribution in [0.2, 0.25) is 0 Å². The smallest absolute Gasteiger partial charge is 0.372 e. The minimum absolute atomic E-state index is 0.0383. The Bertz CT molecular complexity index is 331. The molecule has 2 N–H and O–H groups in total. The predicted octanol–water partition coefficient (Wildman–Crippen LogP) is 2.50. The van der Waals surface area contributed by atoms with Crippen LogP contribution in [-0.2, 0) is 6.54 Å². The summed E-state index contributed by atoms with van der Waals surface area (Å²) in [7, 11) is 0. The van der Waals surface area contributed by atoms with Crippen molar-refractivity contribution in [3.05, 3.63) is 23.7 Å². The highest BCUT2D eigenvalue weighted by Gasteiger charge is 2.12. The third-order valence-electron chi connectivity index (χ3n) is 2.39. The lowest BCUT2D eigenvalue weighted by atomic mass is 10.1. The van der Waals surface area contributed by atoms with E-state index in [2.05, 4.69) is 19.2 Å². The predicted molar refractivity (Wildman–Crippen MR) is 61.4 cm³/mol. The van der Waals surface area contributed by atoms with Crippen molar-refractivity contribution in [3.8, 4) is 0 Å². The Kier molecular flexibility index (Phi) is 5.05. The molecule has 90 valence electrons. The van der Waals surface area contributed by atoms with Crippen LogP contribution in [0.1, 0.15) is 42.8 Å². The Labute approximate surface area is 95.7 Å². The average Bonchev–Trinajstić information content (AvgIpc) is 2.65. The van der Waals surface area contributed by atoms with Gasteiger partial charge in [0.15, 0.2) is 0 Å². The molecule has 0 aliphatic heterocycles. The molecule has 4 heteroatoms. The van der Waals surface area contributed by atoms with E-state index < -0.39 is 5.97 Å². The molecule has 4 nitrogen and oxygen atoms in total. The van der Waals surface area contributed by atoms with Crippen LogP contribution in [0.5, 0.6) is 0 Å². The zero-order chi connectivity index (χ0) is 12.0. The summed E-state index contributed by atoms with van der Waals surface area (Å²) >= 11 is 0. The van der Waals surface area contributed by atoms with Crippen LogP contribution in [0.3, 0.4) is 0 Å². The van der Waals surface area contributed by atoms with Gasteiger partial charge in [0.1, 0.15) is 0 Å². The highest BCUT2D eigenvalue weighted by atomic mass is 16.4. The van der Waals surface area contributed by atoms with Crippen molar-refractivity contribution in [1.29, 1.82) is 0 Å². The molecule has 16 heavy (non-hydrogen) atoms. The van der Waals surface area contributed by atoms with Crippen LogP contribution < -0.4 is 5.32 Å². The molecule has 1 rings (SSSR count). The molecule has 0 bridgehead atoms. The maximum atomic E-state index is 10.7. The van der Waals surface area contributed by atoms with Crippen molar-refractivity contribution in [2.24, 2.45) is 5.92 Å². The largest absolute Gasteiger partial charge is 0.475 e. The van der Waals surface area contributed by atoms with Crippen LogP contribution in [0, 0.1) is 5.92 Å². The fourth-order valence-corrected chi connectivity index (χ4v) is 1.52. The van der Waals surface area contributed by atoms with E-state index in [1.54, 1.807) is 6.07 Å². The van der Waals surface area contributed by atoms with E-state index in [1.807, 2.05) is 0 Å². The van der Waals surface area contributed by atoms with Gasteiger partial charge in [0, 0.05) is 12.1 Å². The van der Waals surface area contributed by atoms with Gasteiger partial charge in [-0.3, -0.25) is 0 Å². The number of rotatable bonds is 7. The van der Waals surface area contributed by atoms with Crippen LogP contribution >= 0.6 is 0 Å². The van der Waals surface area contributed by atoms with Crippen molar-refractivity contribution in [3.63, 3.8) is 0 Å². The summed E-state index contributed by atoms with van der Waals surface area (Å²) < 4.78 is 4.88. The molecule has 0 atom stereocenters. The Balaban J connectivity index is 2.27. The fourth-order valence-electron chi connectivity index (χ4n) is 1.52. The molecule has 0 aliphatic carbocycles. The van der Waals surface area contributed by atoms with Gasteiger partial charge in [-0.25, -0.2) is 4.79 Å². The number of nitrogens with one attached hydrogen (secondary N) is 1. The fraction of sp³-hybridized carbons (Fsp3) is 0.583. The lowest BCUT2D eigenvalue weighted by Crippen LogP contribution is -2.16. The number of hydrogen-bond acceptors (Lipinski definition) is 3. The van der Waals surface area contributed by atoms with Gasteiger partial charge in [0.2, 0.25) is 5.76 Å². The summed E-state index contributed by atoms with van der Waals surface area (Å²) in [6.45, 7) is 5.84. The summed E-state index contributed by atoms with van der Waals surface area (Å²) in [6, 6.07) is 1.69. The third-order valence-corrected chi connectivity index (χ3v) is 2.39. The van der Waals surface area contributed by atoms with Gasteiger partial charge in [-0.15, -0.1) is 0 Å². The molecule has 0 radical (unpaired) electrons. The molecule has 0 aromatic carbocycles. The molecule has 1 heterocycles. The Hall–Kier alpha value is -1.29. The van der Waals surface area contributed by atoms with Crippen LogP contribution in [0.4, 0.5) is 0 Å². The number of furan rings is 1. The molecule has 0 saturated carbocycles. The van der Waals surface area contributed by atoms with E-state index >= 15 is 0 Å². The maximum absolute atomic E-state index is 10.7. The zero-order valence-corrected chi connectivity index (χ0v) is 9.82. The second kappa shape index (κ2) is 6.33. The van der Waals surface area contributed by atoms with Crippen molar-refractivity contribution < 1.29 is 14.3 Å². The summed E-state index contributed by atoms with van der Waals surface area (Å²) in [6.07, 6.45) is 3.71. The zero-order valence-electron chi connectivity index (χ0n) is 9.82. The van der Waals surface area contributed by atoms with Crippen LogP contribution in [0.25, 0.3) is 0 Å². The first-order chi connectivity index (χ1) is 7.61. The Morgan fingerprint density at radius 3 is 2.94 bits per heavy atom. The molecule has 0 fully saturated rings. The molecular weight excluding hydrogens is 206 g/mol. The molecule has 1 aromatic heterocycles. The van der Waals surface area contributed by atoms with E-state index in [9.17, 15) is 4.79 Å². The summed E-state index contributed by atoms with van der Waals surface area (Å²) in [4.78, 5) is 10.7. The summed E-state index contributed by atoms with van der Waals surface area (Å²) in [5.41, 5.74) is 0.706. The van der Waals surface area contributed by atoms with Gasteiger partial charge in [0.05, 0.1) is 6.26 Å². The molecular formula is C12H19NO3. The van der Waals surface area contributed by atoms with E-state index in [0.717, 1.165) is 13.0 Å². The van der Waals surface area contributed by atoms with E-state index in [1.165, 1.54) is 12.7 Å². The first-order valence-corrected chi connectivity index (χ1v) is 5.61. The second-order valence-electron chi connectivity index (χ2n) is 4.29. The quantitative estimate of drug-likeness (QED) is 0.700. The van der Waals surface area contributed by atoms with Crippen molar-refractivity contribution in [1.82, 2.24) is 5.32 Å². The Morgan fingerprint density at radius 1 is 1.56 bits per heavy atom. The summed E-state index contributed by atoms with van der Waals surface area (Å²) in [5, 5.41) is 12.0. The van der Waals surface area contributed by atoms with Crippen LogP contribution in [-0.4, -0.2) is 17.6 Å². The van der Waals surface area contributed by atoms with Crippen molar-refractivity contribution in [2.75, 3.05) is 6.54 Å². The highest BCUT2D eigenvalue weighted by Crippen LogP contribution is 2.10. The monoisotopic (exact) mass is 225 g/mol. The molecule has 0 saturated heterocycles. The third kappa shape index (κ3) is 4.06. The Morgan fingerprint density at radius 2 is 2.31 bits per heavy atom. The first-order valence-electron chi connectivity index (χ1n) is 5.61. The first kappa shape index (κ1) is 12.8. The number of hydrogen-bond donors (Lipinski definition) is 2. The minimum Gasteiger partial charge on any atom is -0.475 e. The second-order valence-corrected chi connectivity index (χ2v) is 4.29. The number of aromatic carboxylic acids is 1. The summed E-state index contributed by atoms with van der Waals surface area (Å²) in [5.74, 6) is -0.259. The highest BCUT2D eigenvalue weighted by molar-refractivity contribution is 5.86. The molecule has 0 unspecified atom stereocenters. The van der Waals surface area contributed by atoms with E-state index in [4.69, 9.17) is 9.52 Å². The van der Waals surface area contributed by atoms with Crippen molar-refractivity contribution in [2.45, 2.75) is 33.2 Å². The topological polar surface area (TPSA) is 62.5 Å². The number of carbonyl (C=O) groups is 1. The van der Waals surface area contributed by atoms with E-state index in [-0.39, 0.29) is 5.76 Å². The van der Waals surface area contributed by atoms with E-state index in [0.29, 0.717) is 18.0 Å². The normalized spacial score (nSPS) is 10.9. The van der Waals surface area contributed by atoms with Crippen molar-refractivity contribution >= 4 is 5.97 Å². The standard InChI is InChI=1S/C12H19NO3/c1-9(2)4-3-6-13-8-10-5-7-16-11(10)12(14)15/h5,7,9,13H,3-4,6,8H2,1-2H3,(H,14,15). The van der Waals surface area contributed by atoms with Gasteiger partial charge in [-0.1, -0.05) is 13.8 Å². The van der Waals surface area contributed by atoms with Gasteiger partial charge in [-0.2, -0.15) is 0 Å². The molecule has 0 amide bonds. The van der Waals surface area contributed by atoms with Crippen LogP contribution in [0.15, 0.2) is 16.7 Å². The van der Waals surface area contributed by atoms with Gasteiger partial charge in [-0.05, 0) is 31.4 Å². The molecule has 1 aromatic rings. The lowest BCUT2D eigenvalue weighted by Gasteiger charge is -2.05. The molecule has 0 spiro atoms. The van der Waals surface area contributed by atoms with Gasteiger partial charge < -0.3 is 14.8 Å². The number of carboxylic acid groups (broad SMARTS) is 1. The lowest BCUT2D eigenvalue weighted by molar-refractivity contribution is 0.0660. The number of carboxylic acids is 1. The van der Waals surface area contributed by atoms with Gasteiger partial charge >= 0.3 is 5.97 Å². The van der Waals surface area contributed by atoms with Gasteiger partial charge in [0.25, 0.3) is 0 Å². The minimum atomic E-state index is -1.01.